The van der Waals surface area contributed by atoms with E-state index in [-0.39, 0.29) is 35.9 Å². The van der Waals surface area contributed by atoms with E-state index in [1.54, 1.807) is 36.1 Å². The standard InChI is InChI=1S/C24H21F3N6O/c1-3-29-20-14(6-7-16(19(20)25)13-4-5-13)8-17-12(2)30-23-18(9-28)21(22(26)27)31-33(23)24(17)32-10-15(34)11-32/h3,6-8,13,15,22,34H,1,4-5,10-11H2,2H3/b14-8+,29-20?. The summed E-state index contributed by atoms with van der Waals surface area (Å²) >= 11 is 0. The molecule has 1 N–H and O–H groups in total. The van der Waals surface area contributed by atoms with Crippen molar-refractivity contribution in [1.29, 1.82) is 5.26 Å². The Balaban J connectivity index is 1.73. The van der Waals surface area contributed by atoms with Crippen molar-refractivity contribution >= 4 is 23.3 Å². The number of allylic oxidation sites excluding steroid dienone is 5. The van der Waals surface area contributed by atoms with Crippen LogP contribution < -0.4 is 4.90 Å². The van der Waals surface area contributed by atoms with Gasteiger partial charge < -0.3 is 10.0 Å². The molecule has 0 bridgehead atoms. The van der Waals surface area contributed by atoms with E-state index < -0.39 is 24.1 Å². The van der Waals surface area contributed by atoms with Crippen LogP contribution in [-0.4, -0.2) is 44.6 Å². The number of β-amino-alcohol motifs (C(OH)–C–C–N with tert-alkyl or cyclic N) is 1. The largest absolute Gasteiger partial charge is 0.389 e. The number of rotatable bonds is 5. The van der Waals surface area contributed by atoms with Crippen LogP contribution in [0.4, 0.5) is 19.0 Å². The number of hydrogen-bond donors (Lipinski definition) is 1. The van der Waals surface area contributed by atoms with E-state index in [0.717, 1.165) is 12.8 Å². The molecule has 0 spiro atoms. The van der Waals surface area contributed by atoms with Gasteiger partial charge in [-0.3, -0.25) is 4.99 Å². The third-order valence-electron chi connectivity index (χ3n) is 6.19. The van der Waals surface area contributed by atoms with Crippen molar-refractivity contribution in [2.24, 2.45) is 10.9 Å². The third-order valence-corrected chi connectivity index (χ3v) is 6.19. The smallest absolute Gasteiger partial charge is 0.283 e. The van der Waals surface area contributed by atoms with Gasteiger partial charge in [0.2, 0.25) is 0 Å². The van der Waals surface area contributed by atoms with Gasteiger partial charge in [0.05, 0.1) is 11.8 Å². The predicted molar refractivity (Wildman–Crippen MR) is 121 cm³/mol. The molecule has 0 aromatic carbocycles. The van der Waals surface area contributed by atoms with Gasteiger partial charge in [0.15, 0.2) is 11.5 Å². The van der Waals surface area contributed by atoms with Crippen molar-refractivity contribution in [2.45, 2.75) is 32.3 Å². The van der Waals surface area contributed by atoms with Gasteiger partial charge in [0.25, 0.3) is 6.43 Å². The highest BCUT2D eigenvalue weighted by Gasteiger charge is 2.34. The van der Waals surface area contributed by atoms with Crippen LogP contribution in [-0.2, 0) is 0 Å². The predicted octanol–water partition coefficient (Wildman–Crippen LogP) is 4.20. The number of fused-ring (bicyclic) bond motifs is 1. The number of hydrogen-bond acceptors (Lipinski definition) is 6. The molecule has 0 atom stereocenters. The molecule has 1 saturated heterocycles. The molecule has 0 radical (unpaired) electrons. The lowest BCUT2D eigenvalue weighted by Crippen LogP contribution is -2.52. The first-order valence-electron chi connectivity index (χ1n) is 10.9. The van der Waals surface area contributed by atoms with Gasteiger partial charge in [-0.1, -0.05) is 18.7 Å². The quantitative estimate of drug-likeness (QED) is 0.714. The fourth-order valence-electron chi connectivity index (χ4n) is 4.33. The molecule has 7 nitrogen and oxygen atoms in total. The van der Waals surface area contributed by atoms with E-state index >= 15 is 4.39 Å². The molecule has 0 unspecified atom stereocenters. The molecular formula is C24H21F3N6O. The number of nitriles is 1. The highest BCUT2D eigenvalue weighted by molar-refractivity contribution is 6.17. The van der Waals surface area contributed by atoms with Gasteiger partial charge in [-0.25, -0.2) is 18.2 Å². The van der Waals surface area contributed by atoms with Gasteiger partial charge in [-0.05, 0) is 37.3 Å². The zero-order chi connectivity index (χ0) is 24.1. The van der Waals surface area contributed by atoms with E-state index in [0.29, 0.717) is 28.2 Å². The monoisotopic (exact) mass is 466 g/mol. The lowest BCUT2D eigenvalue weighted by Gasteiger charge is -2.38. The zero-order valence-corrected chi connectivity index (χ0v) is 18.3. The topological polar surface area (TPSA) is 89.8 Å². The summed E-state index contributed by atoms with van der Waals surface area (Å²) in [5, 5.41) is 23.4. The summed E-state index contributed by atoms with van der Waals surface area (Å²) in [6, 6.07) is 1.78. The van der Waals surface area contributed by atoms with E-state index in [2.05, 4.69) is 21.7 Å². The van der Waals surface area contributed by atoms with Gasteiger partial charge >= 0.3 is 0 Å². The van der Waals surface area contributed by atoms with Crippen LogP contribution in [0.25, 0.3) is 11.7 Å². The maximum Gasteiger partial charge on any atom is 0.283 e. The maximum atomic E-state index is 15.3. The Kier molecular flexibility index (Phi) is 5.37. The lowest BCUT2D eigenvalue weighted by atomic mass is 9.94. The zero-order valence-electron chi connectivity index (χ0n) is 18.3. The molecule has 2 fully saturated rings. The van der Waals surface area contributed by atoms with Gasteiger partial charge in [0.1, 0.15) is 28.9 Å². The van der Waals surface area contributed by atoms with Crippen LogP contribution in [0.15, 0.2) is 46.9 Å². The van der Waals surface area contributed by atoms with Crippen LogP contribution >= 0.6 is 0 Å². The average molecular weight is 466 g/mol. The molecule has 3 aliphatic rings. The van der Waals surface area contributed by atoms with Gasteiger partial charge in [-0.15, -0.1) is 0 Å². The summed E-state index contributed by atoms with van der Waals surface area (Å²) in [5.74, 6) is 0.175. The number of aromatic nitrogens is 3. The minimum atomic E-state index is -2.96. The number of aliphatic hydroxyl groups excluding tert-OH is 1. The van der Waals surface area contributed by atoms with Gasteiger partial charge in [0, 0.05) is 30.4 Å². The second-order valence-corrected chi connectivity index (χ2v) is 8.54. The molecule has 2 aliphatic carbocycles. The summed E-state index contributed by atoms with van der Waals surface area (Å²) in [6.07, 6.45) is 4.79. The second kappa shape index (κ2) is 8.25. The molecule has 3 heterocycles. The highest BCUT2D eigenvalue weighted by Crippen LogP contribution is 2.42. The molecule has 1 saturated carbocycles. The van der Waals surface area contributed by atoms with Gasteiger partial charge in [-0.2, -0.15) is 14.9 Å². The Bertz CT molecular complexity index is 1370. The maximum absolute atomic E-state index is 15.3. The molecule has 1 aliphatic heterocycles. The molecule has 0 amide bonds. The summed E-state index contributed by atoms with van der Waals surface area (Å²) < 4.78 is 43.7. The lowest BCUT2D eigenvalue weighted by molar-refractivity contribution is 0.139. The fourth-order valence-corrected chi connectivity index (χ4v) is 4.33. The summed E-state index contributed by atoms with van der Waals surface area (Å²) in [5.41, 5.74) is 1.22. The van der Waals surface area contributed by atoms with Crippen molar-refractivity contribution in [3.8, 4) is 6.07 Å². The number of nitrogens with zero attached hydrogens (tertiary/aromatic N) is 6. The van der Waals surface area contributed by atoms with Crippen molar-refractivity contribution in [3.63, 3.8) is 0 Å². The van der Waals surface area contributed by atoms with E-state index in [4.69, 9.17) is 0 Å². The van der Waals surface area contributed by atoms with Crippen LogP contribution in [0.3, 0.4) is 0 Å². The Morgan fingerprint density at radius 3 is 2.65 bits per heavy atom. The van der Waals surface area contributed by atoms with Crippen LogP contribution in [0, 0.1) is 24.2 Å². The number of anilines is 1. The Labute approximate surface area is 193 Å². The second-order valence-electron chi connectivity index (χ2n) is 8.54. The molecule has 2 aromatic heterocycles. The number of aliphatic imine (C=N–C) groups is 1. The minimum absolute atomic E-state index is 0.00936. The molecule has 174 valence electrons. The van der Waals surface area contributed by atoms with Crippen molar-refractivity contribution in [3.05, 3.63) is 64.4 Å². The number of alkyl halides is 2. The number of aryl methyl sites for hydroxylation is 1. The first-order valence-corrected chi connectivity index (χ1v) is 10.9. The van der Waals surface area contributed by atoms with Crippen LogP contribution in [0.2, 0.25) is 0 Å². The summed E-state index contributed by atoms with van der Waals surface area (Å²) in [6.45, 7) is 5.79. The third kappa shape index (κ3) is 3.53. The summed E-state index contributed by atoms with van der Waals surface area (Å²) in [7, 11) is 0. The Hall–Kier alpha value is -3.71. The van der Waals surface area contributed by atoms with E-state index in [1.807, 2.05) is 0 Å². The van der Waals surface area contributed by atoms with E-state index in [9.17, 15) is 19.1 Å². The molecular weight excluding hydrogens is 445 g/mol. The highest BCUT2D eigenvalue weighted by atomic mass is 19.3. The first-order chi connectivity index (χ1) is 16.3. The minimum Gasteiger partial charge on any atom is -0.389 e. The average Bonchev–Trinajstić information content (AvgIpc) is 3.55. The molecule has 2 aromatic rings. The molecule has 10 heteroatoms. The Morgan fingerprint density at radius 1 is 1.32 bits per heavy atom. The molecule has 5 rings (SSSR count). The number of halogens is 3. The fraction of sp³-hybridized carbons (Fsp3) is 0.333. The number of aliphatic hydroxyl groups is 1. The van der Waals surface area contributed by atoms with E-state index in [1.165, 1.54) is 10.7 Å². The van der Waals surface area contributed by atoms with Crippen LogP contribution in [0.5, 0.6) is 0 Å². The summed E-state index contributed by atoms with van der Waals surface area (Å²) in [4.78, 5) is 10.3. The van der Waals surface area contributed by atoms with Crippen LogP contribution in [0.1, 0.15) is 41.8 Å². The van der Waals surface area contributed by atoms with Crippen molar-refractivity contribution < 1.29 is 18.3 Å². The van der Waals surface area contributed by atoms with Crippen molar-refractivity contribution in [1.82, 2.24) is 14.6 Å². The first kappa shape index (κ1) is 22.1. The normalized spacial score (nSPS) is 21.1. The SMILES string of the molecule is C=CN=C1C(F)=C(C2CC2)C=C/C1=C\c1c(C)nc2c(C#N)c(C(F)F)nn2c1N1CC(O)C1. The Morgan fingerprint density at radius 2 is 2.06 bits per heavy atom. The van der Waals surface area contributed by atoms with Crippen molar-refractivity contribution in [2.75, 3.05) is 18.0 Å². The molecule has 34 heavy (non-hydrogen) atoms.